The van der Waals surface area contributed by atoms with Crippen molar-refractivity contribution in [3.05, 3.63) is 44.4 Å². The molecule has 0 aliphatic carbocycles. The topological polar surface area (TPSA) is 95.2 Å². The van der Waals surface area contributed by atoms with E-state index >= 15 is 0 Å². The van der Waals surface area contributed by atoms with Gasteiger partial charge in [-0.25, -0.2) is 4.98 Å². The summed E-state index contributed by atoms with van der Waals surface area (Å²) in [6.07, 6.45) is 1.83. The Balaban J connectivity index is 1.85. The van der Waals surface area contributed by atoms with Gasteiger partial charge in [0, 0.05) is 22.4 Å². The lowest BCUT2D eigenvalue weighted by atomic mass is 9.96. The lowest BCUT2D eigenvalue weighted by Crippen LogP contribution is -2.39. The van der Waals surface area contributed by atoms with Crippen LogP contribution in [-0.4, -0.2) is 33.2 Å². The molecule has 7 nitrogen and oxygen atoms in total. The fourth-order valence-electron chi connectivity index (χ4n) is 2.77. The lowest BCUT2D eigenvalue weighted by molar-refractivity contribution is -0.123. The van der Waals surface area contributed by atoms with Crippen LogP contribution in [0.3, 0.4) is 0 Å². The summed E-state index contributed by atoms with van der Waals surface area (Å²) in [6, 6.07) is 1.80. The van der Waals surface area contributed by atoms with Crippen LogP contribution in [0, 0.1) is 12.3 Å². The van der Waals surface area contributed by atoms with Crippen molar-refractivity contribution in [2.45, 2.75) is 40.7 Å². The van der Waals surface area contributed by atoms with Crippen molar-refractivity contribution in [1.82, 2.24) is 14.9 Å². The maximum Gasteiger partial charge on any atom is 0.257 e. The van der Waals surface area contributed by atoms with Crippen molar-refractivity contribution in [1.29, 1.82) is 0 Å². The van der Waals surface area contributed by atoms with Crippen LogP contribution >= 0.6 is 11.3 Å². The molecule has 3 heterocycles. The van der Waals surface area contributed by atoms with Gasteiger partial charge in [-0.15, -0.1) is 11.3 Å². The summed E-state index contributed by atoms with van der Waals surface area (Å²) in [6.45, 7) is 8.13. The smallest absolute Gasteiger partial charge is 0.257 e. The number of carbonyl (C=O) groups is 2. The van der Waals surface area contributed by atoms with E-state index in [1.807, 2.05) is 27.7 Å². The van der Waals surface area contributed by atoms with E-state index in [1.54, 1.807) is 11.0 Å². The third kappa shape index (κ3) is 3.55. The Morgan fingerprint density at radius 3 is 2.77 bits per heavy atom. The quantitative estimate of drug-likeness (QED) is 0.843. The molecule has 0 fully saturated rings. The molecule has 0 aromatic carbocycles. The molecule has 2 aromatic heterocycles. The van der Waals surface area contributed by atoms with Crippen LogP contribution in [-0.2, 0) is 17.8 Å². The van der Waals surface area contributed by atoms with E-state index in [2.05, 4.69) is 15.3 Å². The molecule has 0 saturated heterocycles. The number of carbonyl (C=O) groups excluding carboxylic acids is 2. The number of anilines is 1. The summed E-state index contributed by atoms with van der Waals surface area (Å²) in [5.74, 6) is -0.295. The fourth-order valence-corrected chi connectivity index (χ4v) is 3.66. The van der Waals surface area contributed by atoms with Crippen LogP contribution in [0.15, 0.2) is 17.2 Å². The number of H-pyrrole nitrogens is 1. The molecule has 0 bridgehead atoms. The largest absolute Gasteiger partial charge is 0.332 e. The standard InChI is InChI=1S/C18H22N4O3S/c1-10-7-12(15(26-10)21-17(25)18(2,3)4)16(24)22-6-5-11-13(8-22)19-9-20-14(11)23/h7,9H,5-6,8H2,1-4H3,(H,21,25)(H,19,20,23). The van der Waals surface area contributed by atoms with E-state index in [-0.39, 0.29) is 17.4 Å². The summed E-state index contributed by atoms with van der Waals surface area (Å²) < 4.78 is 0. The zero-order valence-corrected chi connectivity index (χ0v) is 16.1. The van der Waals surface area contributed by atoms with Gasteiger partial charge in [-0.1, -0.05) is 20.8 Å². The highest BCUT2D eigenvalue weighted by molar-refractivity contribution is 7.16. The van der Waals surface area contributed by atoms with Crippen LogP contribution in [0.2, 0.25) is 0 Å². The van der Waals surface area contributed by atoms with E-state index < -0.39 is 5.41 Å². The number of hydrogen-bond acceptors (Lipinski definition) is 5. The van der Waals surface area contributed by atoms with Crippen LogP contribution < -0.4 is 10.9 Å². The normalized spacial score (nSPS) is 14.1. The average molecular weight is 374 g/mol. The first kappa shape index (κ1) is 18.3. The molecule has 26 heavy (non-hydrogen) atoms. The first-order valence-electron chi connectivity index (χ1n) is 8.43. The number of aromatic amines is 1. The number of thiophene rings is 1. The number of rotatable bonds is 2. The molecule has 1 aliphatic heterocycles. The predicted molar refractivity (Wildman–Crippen MR) is 100 cm³/mol. The highest BCUT2D eigenvalue weighted by Crippen LogP contribution is 2.31. The van der Waals surface area contributed by atoms with E-state index in [0.29, 0.717) is 41.3 Å². The fraction of sp³-hybridized carbons (Fsp3) is 0.444. The maximum absolute atomic E-state index is 13.0. The molecule has 0 saturated carbocycles. The first-order chi connectivity index (χ1) is 12.2. The SMILES string of the molecule is Cc1cc(C(=O)N2CCc3c(nc[nH]c3=O)C2)c(NC(=O)C(C)(C)C)s1. The van der Waals surface area contributed by atoms with E-state index in [1.165, 1.54) is 17.7 Å². The van der Waals surface area contributed by atoms with E-state index in [0.717, 1.165) is 4.88 Å². The van der Waals surface area contributed by atoms with Gasteiger partial charge in [-0.05, 0) is 19.4 Å². The average Bonchev–Trinajstić information content (AvgIpc) is 2.93. The maximum atomic E-state index is 13.0. The zero-order valence-electron chi connectivity index (χ0n) is 15.3. The number of hydrogen-bond donors (Lipinski definition) is 2. The van der Waals surface area contributed by atoms with Crippen molar-refractivity contribution in [2.75, 3.05) is 11.9 Å². The summed E-state index contributed by atoms with van der Waals surface area (Å²) in [5.41, 5.74) is 1.05. The first-order valence-corrected chi connectivity index (χ1v) is 9.25. The zero-order chi connectivity index (χ0) is 19.1. The molecule has 1 aliphatic rings. The second-order valence-electron chi connectivity index (χ2n) is 7.44. The minimum absolute atomic E-state index is 0.134. The third-order valence-corrected chi connectivity index (χ3v) is 5.26. The molecule has 0 radical (unpaired) electrons. The van der Waals surface area contributed by atoms with Crippen molar-refractivity contribution in [3.63, 3.8) is 0 Å². The van der Waals surface area contributed by atoms with Crippen LogP contribution in [0.1, 0.15) is 47.3 Å². The molecule has 8 heteroatoms. The monoisotopic (exact) mass is 374 g/mol. The number of fused-ring (bicyclic) bond motifs is 1. The number of nitrogens with zero attached hydrogens (tertiary/aromatic N) is 2. The van der Waals surface area contributed by atoms with Gasteiger partial charge in [0.2, 0.25) is 5.91 Å². The second-order valence-corrected chi connectivity index (χ2v) is 8.69. The molecule has 2 amide bonds. The Morgan fingerprint density at radius 1 is 1.35 bits per heavy atom. The third-order valence-electron chi connectivity index (χ3n) is 4.29. The molecule has 2 N–H and O–H groups in total. The molecular formula is C18H22N4O3S. The Labute approximate surface area is 155 Å². The van der Waals surface area contributed by atoms with Gasteiger partial charge < -0.3 is 15.2 Å². The molecular weight excluding hydrogens is 352 g/mol. The minimum Gasteiger partial charge on any atom is -0.332 e. The minimum atomic E-state index is -0.548. The van der Waals surface area contributed by atoms with Crippen molar-refractivity contribution in [3.8, 4) is 0 Å². The van der Waals surface area contributed by atoms with Gasteiger partial charge in [0.15, 0.2) is 0 Å². The highest BCUT2D eigenvalue weighted by atomic mass is 32.1. The number of aryl methyl sites for hydroxylation is 1. The molecule has 138 valence electrons. The summed E-state index contributed by atoms with van der Waals surface area (Å²) in [5, 5.41) is 3.45. The van der Waals surface area contributed by atoms with Gasteiger partial charge in [0.25, 0.3) is 11.5 Å². The van der Waals surface area contributed by atoms with Crippen molar-refractivity contribution in [2.24, 2.45) is 5.41 Å². The van der Waals surface area contributed by atoms with E-state index in [9.17, 15) is 14.4 Å². The highest BCUT2D eigenvalue weighted by Gasteiger charge is 2.29. The molecule has 2 aromatic rings. The van der Waals surface area contributed by atoms with Crippen LogP contribution in [0.5, 0.6) is 0 Å². The molecule has 3 rings (SSSR count). The van der Waals surface area contributed by atoms with Gasteiger partial charge in [-0.3, -0.25) is 14.4 Å². The van der Waals surface area contributed by atoms with Crippen molar-refractivity contribution >= 4 is 28.2 Å². The summed E-state index contributed by atoms with van der Waals surface area (Å²) >= 11 is 1.39. The Bertz CT molecular complexity index is 923. The van der Waals surface area contributed by atoms with Gasteiger partial charge in [0.1, 0.15) is 5.00 Å². The summed E-state index contributed by atoms with van der Waals surface area (Å²) in [7, 11) is 0. The Hall–Kier alpha value is -2.48. The van der Waals surface area contributed by atoms with Gasteiger partial charge >= 0.3 is 0 Å². The Morgan fingerprint density at radius 2 is 2.08 bits per heavy atom. The number of nitrogens with one attached hydrogen (secondary N) is 2. The lowest BCUT2D eigenvalue weighted by Gasteiger charge is -2.27. The van der Waals surface area contributed by atoms with Crippen molar-refractivity contribution < 1.29 is 9.59 Å². The molecule has 0 spiro atoms. The van der Waals surface area contributed by atoms with Crippen LogP contribution in [0.4, 0.5) is 5.00 Å². The van der Waals surface area contributed by atoms with Crippen LogP contribution in [0.25, 0.3) is 0 Å². The van der Waals surface area contributed by atoms with Gasteiger partial charge in [-0.2, -0.15) is 0 Å². The van der Waals surface area contributed by atoms with E-state index in [4.69, 9.17) is 0 Å². The molecule has 0 atom stereocenters. The number of amides is 2. The van der Waals surface area contributed by atoms with Gasteiger partial charge in [0.05, 0.1) is 24.1 Å². The predicted octanol–water partition coefficient (Wildman–Crippen LogP) is 2.32. The second kappa shape index (κ2) is 6.68. The number of aromatic nitrogens is 2. The Kier molecular flexibility index (Phi) is 4.70. The summed E-state index contributed by atoms with van der Waals surface area (Å²) in [4.78, 5) is 46.6. The molecule has 0 unspecified atom stereocenters.